The van der Waals surface area contributed by atoms with Gasteiger partial charge in [0.25, 0.3) is 0 Å². The number of aryl methyl sites for hydroxylation is 3. The number of fused-ring (bicyclic) bond motifs is 1. The molecule has 5 nitrogen and oxygen atoms in total. The number of rotatable bonds is 3. The molecule has 0 atom stereocenters. The number of hydrogen-bond acceptors (Lipinski definition) is 3. The SMILES string of the molecule is Cc1cccc(C)c1-n1cnnc1-c1[c-]ccc2nc(-c3ccccc3)n(C)c12.[Ir]. The summed E-state index contributed by atoms with van der Waals surface area (Å²) in [5.41, 5.74) is 7.32. The van der Waals surface area contributed by atoms with Gasteiger partial charge >= 0.3 is 0 Å². The van der Waals surface area contributed by atoms with E-state index in [1.165, 1.54) is 11.1 Å². The van der Waals surface area contributed by atoms with Gasteiger partial charge in [0.05, 0.1) is 5.82 Å². The van der Waals surface area contributed by atoms with Gasteiger partial charge in [0.1, 0.15) is 12.2 Å². The van der Waals surface area contributed by atoms with Crippen LogP contribution in [0.2, 0.25) is 0 Å². The third-order valence-electron chi connectivity index (χ3n) is 5.31. The van der Waals surface area contributed by atoms with Gasteiger partial charge in [0, 0.05) is 43.9 Å². The van der Waals surface area contributed by atoms with E-state index < -0.39 is 0 Å². The van der Waals surface area contributed by atoms with Crippen molar-refractivity contribution in [2.24, 2.45) is 7.05 Å². The molecule has 0 unspecified atom stereocenters. The van der Waals surface area contributed by atoms with Crippen LogP contribution in [-0.4, -0.2) is 24.3 Å². The van der Waals surface area contributed by atoms with E-state index in [-0.39, 0.29) is 20.1 Å². The Bertz CT molecular complexity index is 1310. The largest absolute Gasteiger partial charge is 0.367 e. The fourth-order valence-electron chi connectivity index (χ4n) is 3.97. The first-order valence-corrected chi connectivity index (χ1v) is 9.54. The van der Waals surface area contributed by atoms with Gasteiger partial charge in [-0.25, -0.2) is 4.98 Å². The molecule has 5 aromatic rings. The van der Waals surface area contributed by atoms with Crippen LogP contribution in [-0.2, 0) is 27.2 Å². The third kappa shape index (κ3) is 3.18. The maximum absolute atomic E-state index is 4.88. The van der Waals surface area contributed by atoms with Crippen LogP contribution in [0, 0.1) is 19.9 Å². The Morgan fingerprint density at radius 1 is 0.867 bits per heavy atom. The molecule has 0 aliphatic heterocycles. The number of benzene rings is 3. The van der Waals surface area contributed by atoms with E-state index in [0.717, 1.165) is 39.5 Å². The van der Waals surface area contributed by atoms with E-state index in [9.17, 15) is 0 Å². The van der Waals surface area contributed by atoms with Crippen molar-refractivity contribution in [2.75, 3.05) is 0 Å². The number of aromatic nitrogens is 5. The average Bonchev–Trinajstić information content (AvgIpc) is 3.34. The van der Waals surface area contributed by atoms with Crippen molar-refractivity contribution < 1.29 is 20.1 Å². The molecule has 151 valence electrons. The normalized spacial score (nSPS) is 10.9. The van der Waals surface area contributed by atoms with Gasteiger partial charge in [-0.05, 0) is 30.5 Å². The molecule has 0 saturated heterocycles. The summed E-state index contributed by atoms with van der Waals surface area (Å²) in [7, 11) is 2.04. The second kappa shape index (κ2) is 7.98. The van der Waals surface area contributed by atoms with Gasteiger partial charge < -0.3 is 9.13 Å². The third-order valence-corrected chi connectivity index (χ3v) is 5.31. The zero-order chi connectivity index (χ0) is 20.0. The van der Waals surface area contributed by atoms with Crippen molar-refractivity contribution >= 4 is 11.0 Å². The smallest absolute Gasteiger partial charge is 0.130 e. The molecule has 0 fully saturated rings. The van der Waals surface area contributed by atoms with Crippen molar-refractivity contribution in [3.8, 4) is 28.5 Å². The van der Waals surface area contributed by atoms with Crippen molar-refractivity contribution in [2.45, 2.75) is 13.8 Å². The van der Waals surface area contributed by atoms with Crippen molar-refractivity contribution in [1.82, 2.24) is 24.3 Å². The molecular weight excluding hydrogens is 551 g/mol. The monoisotopic (exact) mass is 571 g/mol. The molecule has 3 aromatic carbocycles. The van der Waals surface area contributed by atoms with Crippen LogP contribution < -0.4 is 0 Å². The first-order chi connectivity index (χ1) is 14.1. The molecule has 0 bridgehead atoms. The summed E-state index contributed by atoms with van der Waals surface area (Å²) in [4.78, 5) is 4.88. The first-order valence-electron chi connectivity index (χ1n) is 9.54. The van der Waals surface area contributed by atoms with Gasteiger partial charge in [-0.15, -0.1) is 23.3 Å². The summed E-state index contributed by atoms with van der Waals surface area (Å²) in [6.07, 6.45) is 1.77. The molecule has 0 saturated carbocycles. The van der Waals surface area contributed by atoms with E-state index in [1.54, 1.807) is 6.33 Å². The Morgan fingerprint density at radius 3 is 2.33 bits per heavy atom. The average molecular weight is 571 g/mol. The van der Waals surface area contributed by atoms with Gasteiger partial charge in [-0.2, -0.15) is 5.10 Å². The van der Waals surface area contributed by atoms with Crippen molar-refractivity contribution in [1.29, 1.82) is 0 Å². The first kappa shape index (κ1) is 20.2. The Hall–Kier alpha value is -3.08. The van der Waals surface area contributed by atoms with Crippen LogP contribution in [0.25, 0.3) is 39.5 Å². The molecular formula is C24H20IrN5-. The minimum absolute atomic E-state index is 0. The van der Waals surface area contributed by atoms with E-state index in [4.69, 9.17) is 4.98 Å². The molecule has 0 amide bonds. The fraction of sp³-hybridized carbons (Fsp3) is 0.125. The molecule has 1 radical (unpaired) electrons. The van der Waals surface area contributed by atoms with E-state index in [2.05, 4.69) is 65.0 Å². The zero-order valence-corrected chi connectivity index (χ0v) is 19.3. The van der Waals surface area contributed by atoms with Crippen LogP contribution >= 0.6 is 0 Å². The van der Waals surface area contributed by atoms with Crippen LogP contribution in [0.15, 0.2) is 67.0 Å². The standard InChI is InChI=1S/C24H20N5.Ir/c1-16-9-7-10-17(2)21(16)29-15-25-27-24(29)19-13-8-14-20-22(19)28(3)23(26-20)18-11-5-4-6-12-18;/h4-12,14-15H,1-3H3;/q-1;. The second-order valence-electron chi connectivity index (χ2n) is 7.21. The molecule has 0 N–H and O–H groups in total. The summed E-state index contributed by atoms with van der Waals surface area (Å²) in [5.74, 6) is 1.68. The number of hydrogen-bond donors (Lipinski definition) is 0. The van der Waals surface area contributed by atoms with Crippen molar-refractivity contribution in [3.63, 3.8) is 0 Å². The van der Waals surface area contributed by atoms with Gasteiger partial charge in [-0.3, -0.25) is 0 Å². The summed E-state index contributed by atoms with van der Waals surface area (Å²) >= 11 is 0. The van der Waals surface area contributed by atoms with Crippen LogP contribution in [0.1, 0.15) is 11.1 Å². The summed E-state index contributed by atoms with van der Waals surface area (Å²) in [6.45, 7) is 4.21. The molecule has 30 heavy (non-hydrogen) atoms. The van der Waals surface area contributed by atoms with E-state index in [0.29, 0.717) is 0 Å². The van der Waals surface area contributed by atoms with Crippen LogP contribution in [0.5, 0.6) is 0 Å². The second-order valence-corrected chi connectivity index (χ2v) is 7.21. The Kier molecular flexibility index (Phi) is 5.37. The Morgan fingerprint density at radius 2 is 1.60 bits per heavy atom. The van der Waals surface area contributed by atoms with Crippen molar-refractivity contribution in [3.05, 3.63) is 84.2 Å². The summed E-state index contributed by atoms with van der Waals surface area (Å²) in [6, 6.07) is 23.8. The summed E-state index contributed by atoms with van der Waals surface area (Å²) < 4.78 is 4.16. The molecule has 0 spiro atoms. The van der Waals surface area contributed by atoms with Gasteiger partial charge in [0.2, 0.25) is 0 Å². The predicted molar refractivity (Wildman–Crippen MR) is 115 cm³/mol. The number of para-hydroxylation sites is 1. The topological polar surface area (TPSA) is 48.5 Å². The molecule has 5 rings (SSSR count). The minimum atomic E-state index is 0. The molecule has 0 aliphatic carbocycles. The number of nitrogens with zero attached hydrogens (tertiary/aromatic N) is 5. The quantitative estimate of drug-likeness (QED) is 0.290. The predicted octanol–water partition coefficient (Wildman–Crippen LogP) is 4.90. The maximum Gasteiger partial charge on any atom is 0.130 e. The van der Waals surface area contributed by atoms with Crippen LogP contribution in [0.4, 0.5) is 0 Å². The minimum Gasteiger partial charge on any atom is -0.367 e. The van der Waals surface area contributed by atoms with Crippen LogP contribution in [0.3, 0.4) is 0 Å². The van der Waals surface area contributed by atoms with E-state index >= 15 is 0 Å². The zero-order valence-electron chi connectivity index (χ0n) is 16.9. The molecule has 6 heteroatoms. The maximum atomic E-state index is 4.88. The molecule has 0 aliphatic rings. The Balaban J connectivity index is 0.00000218. The molecule has 2 aromatic heterocycles. The fourth-order valence-corrected chi connectivity index (χ4v) is 3.97. The van der Waals surface area contributed by atoms with E-state index in [1.807, 2.05) is 41.9 Å². The van der Waals surface area contributed by atoms with Gasteiger partial charge in [0.15, 0.2) is 0 Å². The number of imidazole rings is 1. The van der Waals surface area contributed by atoms with Gasteiger partial charge in [-0.1, -0.05) is 54.1 Å². The molecule has 2 heterocycles. The Labute approximate surface area is 188 Å². The summed E-state index contributed by atoms with van der Waals surface area (Å²) in [5, 5.41) is 8.68.